The molecule has 2 aromatic rings. The van der Waals surface area contributed by atoms with E-state index in [0.29, 0.717) is 50.0 Å². The lowest BCUT2D eigenvalue weighted by atomic mass is 9.72. The summed E-state index contributed by atoms with van der Waals surface area (Å²) >= 11 is 6.04. The molecule has 0 bridgehead atoms. The van der Waals surface area contributed by atoms with Crippen LogP contribution in [0, 0.1) is 5.41 Å². The van der Waals surface area contributed by atoms with E-state index in [1.54, 1.807) is 11.9 Å². The third kappa shape index (κ3) is 6.88. The zero-order chi connectivity index (χ0) is 31.5. The van der Waals surface area contributed by atoms with E-state index in [1.807, 2.05) is 18.7 Å². The fraction of sp³-hybridized carbons (Fsp3) is 0.448. The number of aromatic nitrogens is 1. The monoisotopic (exact) mass is 622 g/mol. The maximum absolute atomic E-state index is 13.5. The molecule has 1 aliphatic carbocycles. The number of anilines is 1. The summed E-state index contributed by atoms with van der Waals surface area (Å²) < 4.78 is 39.1. The van der Waals surface area contributed by atoms with Crippen LogP contribution in [0.25, 0.3) is 0 Å². The number of nitrogens with zero attached hydrogens (tertiary/aromatic N) is 3. The predicted octanol–water partition coefficient (Wildman–Crippen LogP) is 4.33. The fourth-order valence-corrected chi connectivity index (χ4v) is 6.05. The summed E-state index contributed by atoms with van der Waals surface area (Å²) in [5, 5.41) is 12.4. The third-order valence-corrected chi connectivity index (χ3v) is 8.29. The highest BCUT2D eigenvalue weighted by atomic mass is 35.5. The van der Waals surface area contributed by atoms with Gasteiger partial charge in [0.2, 0.25) is 5.91 Å². The molecule has 3 amide bonds. The molecule has 43 heavy (non-hydrogen) atoms. The minimum Gasteiger partial charge on any atom is -0.505 e. The largest absolute Gasteiger partial charge is 0.505 e. The summed E-state index contributed by atoms with van der Waals surface area (Å²) in [6, 6.07) is 5.45. The van der Waals surface area contributed by atoms with Crippen LogP contribution in [-0.4, -0.2) is 70.3 Å². The van der Waals surface area contributed by atoms with Crippen molar-refractivity contribution >= 4 is 35.0 Å². The van der Waals surface area contributed by atoms with Gasteiger partial charge in [-0.05, 0) is 69.9 Å². The van der Waals surface area contributed by atoms with E-state index in [9.17, 15) is 32.7 Å². The summed E-state index contributed by atoms with van der Waals surface area (Å²) in [4.78, 5) is 47.1. The number of nitrogens with one attached hydrogen (secondary N) is 3. The molecule has 4 N–H and O–H groups in total. The van der Waals surface area contributed by atoms with Crippen LogP contribution in [-0.2, 0) is 15.8 Å². The number of allylic oxidation sites excluding steroid dienone is 1. The molecule has 1 aliphatic heterocycles. The Bertz CT molecular complexity index is 1420. The topological polar surface area (TPSA) is 127 Å². The molecule has 2 aliphatic rings. The van der Waals surface area contributed by atoms with Crippen molar-refractivity contribution in [2.75, 3.05) is 32.0 Å². The Labute approximate surface area is 252 Å². The molecule has 1 saturated heterocycles. The van der Waals surface area contributed by atoms with Crippen molar-refractivity contribution in [2.45, 2.75) is 51.7 Å². The van der Waals surface area contributed by atoms with Crippen LogP contribution in [0.15, 0.2) is 47.8 Å². The number of amides is 3. The number of hydrogen-bond acceptors (Lipinski definition) is 7. The standard InChI is InChI=1S/C29H34ClF3N6O4/c1-17(2)39(16-23(41)36-20-7-6-18(15-19(20)30)29(31,32)33)21-8-9-28(24(21)26(42)37-34-3)10-13-38(14-11-28)27(43)25-22(40)5-4-12-35-25/h4-7,12,15,17,34,40H,8-11,13-14,16H2,1-3H3,(H,36,41)(H,37,42). The average molecular weight is 623 g/mol. The lowest BCUT2D eigenvalue weighted by Crippen LogP contribution is -2.47. The molecule has 0 atom stereocenters. The molecule has 10 nitrogen and oxygen atoms in total. The maximum Gasteiger partial charge on any atom is 0.416 e. The molecule has 0 saturated carbocycles. The van der Waals surface area contributed by atoms with Crippen molar-refractivity contribution in [2.24, 2.45) is 5.41 Å². The Morgan fingerprint density at radius 3 is 2.44 bits per heavy atom. The average Bonchev–Trinajstić information content (AvgIpc) is 3.30. The van der Waals surface area contributed by atoms with Crippen molar-refractivity contribution in [3.63, 3.8) is 0 Å². The number of halogens is 4. The second-order valence-electron chi connectivity index (χ2n) is 10.9. The van der Waals surface area contributed by atoms with Crippen LogP contribution in [0.4, 0.5) is 18.9 Å². The number of rotatable bonds is 8. The highest BCUT2D eigenvalue weighted by Gasteiger charge is 2.48. The molecule has 14 heteroatoms. The van der Waals surface area contributed by atoms with Crippen molar-refractivity contribution < 1.29 is 32.7 Å². The van der Waals surface area contributed by atoms with Crippen LogP contribution in [0.3, 0.4) is 0 Å². The van der Waals surface area contributed by atoms with Gasteiger partial charge in [-0.2, -0.15) is 13.2 Å². The van der Waals surface area contributed by atoms with E-state index in [0.717, 1.165) is 18.2 Å². The second kappa shape index (κ2) is 12.8. The Morgan fingerprint density at radius 1 is 1.16 bits per heavy atom. The lowest BCUT2D eigenvalue weighted by molar-refractivity contribution is -0.137. The Balaban J connectivity index is 1.56. The number of pyridine rings is 1. The number of carbonyl (C=O) groups excluding carboxylic acids is 3. The smallest absolute Gasteiger partial charge is 0.416 e. The van der Waals surface area contributed by atoms with Gasteiger partial charge in [-0.3, -0.25) is 19.8 Å². The molecule has 232 valence electrons. The van der Waals surface area contributed by atoms with Crippen molar-refractivity contribution in [3.8, 4) is 5.75 Å². The van der Waals surface area contributed by atoms with Crippen LogP contribution in [0.1, 0.15) is 55.6 Å². The van der Waals surface area contributed by atoms with E-state index in [4.69, 9.17) is 11.6 Å². The first-order valence-electron chi connectivity index (χ1n) is 13.8. The number of likely N-dealkylation sites (tertiary alicyclic amines) is 1. The van der Waals surface area contributed by atoms with Crippen LogP contribution >= 0.6 is 11.6 Å². The summed E-state index contributed by atoms with van der Waals surface area (Å²) in [5.74, 6) is -1.44. The number of piperidine rings is 1. The zero-order valence-corrected chi connectivity index (χ0v) is 24.8. The van der Waals surface area contributed by atoms with Gasteiger partial charge in [0.1, 0.15) is 5.75 Å². The van der Waals surface area contributed by atoms with Gasteiger partial charge in [0.05, 0.1) is 22.8 Å². The van der Waals surface area contributed by atoms with Gasteiger partial charge < -0.3 is 20.2 Å². The molecule has 4 rings (SSSR count). The number of carbonyl (C=O) groups is 3. The Morgan fingerprint density at radius 2 is 1.86 bits per heavy atom. The summed E-state index contributed by atoms with van der Waals surface area (Å²) in [7, 11) is 1.57. The van der Waals surface area contributed by atoms with Crippen LogP contribution in [0.5, 0.6) is 5.75 Å². The molecule has 0 radical (unpaired) electrons. The van der Waals surface area contributed by atoms with Crippen molar-refractivity contribution in [1.29, 1.82) is 0 Å². The molecule has 2 heterocycles. The van der Waals surface area contributed by atoms with E-state index in [2.05, 4.69) is 21.2 Å². The first-order valence-corrected chi connectivity index (χ1v) is 14.2. The van der Waals surface area contributed by atoms with Gasteiger partial charge in [-0.15, -0.1) is 0 Å². The Hall–Kier alpha value is -3.84. The highest BCUT2D eigenvalue weighted by molar-refractivity contribution is 6.33. The van der Waals surface area contributed by atoms with E-state index < -0.39 is 29.0 Å². The summed E-state index contributed by atoms with van der Waals surface area (Å²) in [6.45, 7) is 4.27. The van der Waals surface area contributed by atoms with Crippen LogP contribution in [0.2, 0.25) is 5.02 Å². The minimum absolute atomic E-state index is 0.0283. The maximum atomic E-state index is 13.5. The zero-order valence-electron chi connectivity index (χ0n) is 24.0. The van der Waals surface area contributed by atoms with Gasteiger partial charge >= 0.3 is 6.18 Å². The van der Waals surface area contributed by atoms with Gasteiger partial charge in [-0.25, -0.2) is 10.4 Å². The molecule has 1 spiro atoms. The van der Waals surface area contributed by atoms with Gasteiger partial charge in [0, 0.05) is 49.1 Å². The van der Waals surface area contributed by atoms with Gasteiger partial charge in [0.15, 0.2) is 5.69 Å². The first-order chi connectivity index (χ1) is 20.3. The number of aromatic hydroxyl groups is 1. The molecule has 1 fully saturated rings. The summed E-state index contributed by atoms with van der Waals surface area (Å²) in [5.41, 5.74) is 5.10. The number of hydrazine groups is 1. The number of hydrogen-bond donors (Lipinski definition) is 4. The van der Waals surface area contributed by atoms with Crippen molar-refractivity contribution in [3.05, 3.63) is 64.1 Å². The quantitative estimate of drug-likeness (QED) is 0.323. The molecular formula is C29H34ClF3N6O4. The molecule has 1 aromatic heterocycles. The van der Waals surface area contributed by atoms with Crippen molar-refractivity contribution in [1.82, 2.24) is 25.6 Å². The lowest BCUT2D eigenvalue weighted by Gasteiger charge is -2.41. The first kappa shape index (κ1) is 32.1. The molecule has 0 unspecified atom stereocenters. The SMILES string of the molecule is CNNC(=O)C1=C(N(CC(=O)Nc2ccc(C(F)(F)F)cc2Cl)C(C)C)CCC12CCN(C(=O)c1ncccc1O)CC2. The Kier molecular flexibility index (Phi) is 9.55. The number of benzene rings is 1. The molecular weight excluding hydrogens is 589 g/mol. The third-order valence-electron chi connectivity index (χ3n) is 7.98. The minimum atomic E-state index is -4.57. The number of alkyl halides is 3. The van der Waals surface area contributed by atoms with Gasteiger partial charge in [-0.1, -0.05) is 11.6 Å². The fourth-order valence-electron chi connectivity index (χ4n) is 5.83. The van der Waals surface area contributed by atoms with E-state index in [1.165, 1.54) is 18.3 Å². The highest BCUT2D eigenvalue weighted by Crippen LogP contribution is 2.51. The molecule has 1 aromatic carbocycles. The van der Waals surface area contributed by atoms with E-state index >= 15 is 0 Å². The normalized spacial score (nSPS) is 16.5. The summed E-state index contributed by atoms with van der Waals surface area (Å²) in [6.07, 6.45) is -1.02. The van der Waals surface area contributed by atoms with Gasteiger partial charge in [0.25, 0.3) is 11.8 Å². The second-order valence-corrected chi connectivity index (χ2v) is 11.3. The van der Waals surface area contributed by atoms with E-state index in [-0.39, 0.29) is 40.6 Å². The van der Waals surface area contributed by atoms with Crippen LogP contribution < -0.4 is 16.2 Å². The predicted molar refractivity (Wildman–Crippen MR) is 154 cm³/mol.